The van der Waals surface area contributed by atoms with Gasteiger partial charge in [0.2, 0.25) is 0 Å². The van der Waals surface area contributed by atoms with Crippen LogP contribution in [0.2, 0.25) is 0 Å². The highest BCUT2D eigenvalue weighted by molar-refractivity contribution is 5.85. The van der Waals surface area contributed by atoms with E-state index in [2.05, 4.69) is 6.08 Å². The first-order valence-corrected chi connectivity index (χ1v) is 5.56. The average Bonchev–Trinajstić information content (AvgIpc) is 2.73. The van der Waals surface area contributed by atoms with Crippen LogP contribution in [-0.4, -0.2) is 10.2 Å². The zero-order chi connectivity index (χ0) is 11.8. The molecule has 84 valence electrons. The molecule has 0 fully saturated rings. The van der Waals surface area contributed by atoms with Crippen LogP contribution >= 0.6 is 0 Å². The number of phenolic OH excluding ortho intramolecular Hbond substituents is 2. The first-order valence-electron chi connectivity index (χ1n) is 5.56. The van der Waals surface area contributed by atoms with Crippen molar-refractivity contribution in [2.24, 2.45) is 0 Å². The molecule has 1 aliphatic carbocycles. The SMILES string of the molecule is Oc1ccc(C2=CCc3ccc(O)cc32)cc1. The summed E-state index contributed by atoms with van der Waals surface area (Å²) >= 11 is 0. The van der Waals surface area contributed by atoms with E-state index in [1.165, 1.54) is 5.56 Å². The number of allylic oxidation sites excluding steroid dienone is 1. The van der Waals surface area contributed by atoms with Crippen LogP contribution in [0.3, 0.4) is 0 Å². The van der Waals surface area contributed by atoms with Gasteiger partial charge in [-0.3, -0.25) is 0 Å². The Morgan fingerprint density at radius 1 is 0.824 bits per heavy atom. The van der Waals surface area contributed by atoms with E-state index in [1.807, 2.05) is 18.2 Å². The van der Waals surface area contributed by atoms with E-state index in [1.54, 1.807) is 24.3 Å². The molecule has 0 radical (unpaired) electrons. The van der Waals surface area contributed by atoms with Crippen LogP contribution in [0.1, 0.15) is 16.7 Å². The molecule has 2 aromatic carbocycles. The molecule has 2 N–H and O–H groups in total. The van der Waals surface area contributed by atoms with Crippen LogP contribution in [-0.2, 0) is 6.42 Å². The van der Waals surface area contributed by atoms with Crippen LogP contribution in [0.25, 0.3) is 5.57 Å². The molecule has 0 spiro atoms. The summed E-state index contributed by atoms with van der Waals surface area (Å²) in [5.74, 6) is 0.554. The number of fused-ring (bicyclic) bond motifs is 1. The van der Waals surface area contributed by atoms with Crippen molar-refractivity contribution in [3.8, 4) is 11.5 Å². The molecule has 17 heavy (non-hydrogen) atoms. The van der Waals surface area contributed by atoms with E-state index in [0.29, 0.717) is 0 Å². The molecule has 0 saturated carbocycles. The molecule has 3 rings (SSSR count). The van der Waals surface area contributed by atoms with Gasteiger partial charge >= 0.3 is 0 Å². The van der Waals surface area contributed by atoms with Gasteiger partial charge in [0.05, 0.1) is 0 Å². The Morgan fingerprint density at radius 3 is 2.29 bits per heavy atom. The third kappa shape index (κ3) is 1.68. The van der Waals surface area contributed by atoms with E-state index in [-0.39, 0.29) is 11.5 Å². The second-order valence-electron chi connectivity index (χ2n) is 4.21. The summed E-state index contributed by atoms with van der Waals surface area (Å²) in [6, 6.07) is 12.6. The van der Waals surface area contributed by atoms with Crippen molar-refractivity contribution in [1.82, 2.24) is 0 Å². The molecular formula is C15H12O2. The lowest BCUT2D eigenvalue weighted by atomic mass is 9.99. The highest BCUT2D eigenvalue weighted by Gasteiger charge is 2.15. The average molecular weight is 224 g/mol. The van der Waals surface area contributed by atoms with Crippen molar-refractivity contribution in [3.05, 3.63) is 65.2 Å². The molecule has 0 aliphatic heterocycles. The minimum atomic E-state index is 0.267. The molecule has 2 aromatic rings. The first-order chi connectivity index (χ1) is 8.24. The van der Waals surface area contributed by atoms with Crippen LogP contribution < -0.4 is 0 Å². The standard InChI is InChI=1S/C15H12O2/c16-12-5-1-10(2-6-12)14-8-4-11-3-7-13(17)9-15(11)14/h1-3,5-9,16-17H,4H2. The van der Waals surface area contributed by atoms with Crippen molar-refractivity contribution < 1.29 is 10.2 Å². The van der Waals surface area contributed by atoms with Gasteiger partial charge in [-0.2, -0.15) is 0 Å². The van der Waals surface area contributed by atoms with Crippen molar-refractivity contribution in [3.63, 3.8) is 0 Å². The number of phenols is 2. The predicted molar refractivity (Wildman–Crippen MR) is 67.0 cm³/mol. The van der Waals surface area contributed by atoms with Crippen LogP contribution in [0, 0.1) is 0 Å². The summed E-state index contributed by atoms with van der Waals surface area (Å²) in [7, 11) is 0. The molecule has 2 heteroatoms. The Balaban J connectivity index is 2.08. The first kappa shape index (κ1) is 9.97. The lowest BCUT2D eigenvalue weighted by Crippen LogP contribution is -1.86. The van der Waals surface area contributed by atoms with E-state index >= 15 is 0 Å². The molecule has 0 bridgehead atoms. The van der Waals surface area contributed by atoms with E-state index < -0.39 is 0 Å². The van der Waals surface area contributed by atoms with Gasteiger partial charge < -0.3 is 10.2 Å². The minimum Gasteiger partial charge on any atom is -0.508 e. The maximum atomic E-state index is 9.54. The lowest BCUT2D eigenvalue weighted by molar-refractivity contribution is 0.474. The van der Waals surface area contributed by atoms with Crippen molar-refractivity contribution in [1.29, 1.82) is 0 Å². The van der Waals surface area contributed by atoms with Crippen molar-refractivity contribution in [2.45, 2.75) is 6.42 Å². The summed E-state index contributed by atoms with van der Waals surface area (Å²) in [5, 5.41) is 18.8. The van der Waals surface area contributed by atoms with E-state index in [4.69, 9.17) is 0 Å². The Labute approximate surface area is 99.5 Å². The monoisotopic (exact) mass is 224 g/mol. The third-order valence-electron chi connectivity index (χ3n) is 3.09. The summed E-state index contributed by atoms with van der Waals surface area (Å²) in [6.07, 6.45) is 3.04. The Morgan fingerprint density at radius 2 is 1.53 bits per heavy atom. The Kier molecular flexibility index (Phi) is 2.15. The predicted octanol–water partition coefficient (Wildman–Crippen LogP) is 3.09. The lowest BCUT2D eigenvalue weighted by Gasteiger charge is -2.07. The number of aromatic hydroxyl groups is 2. The van der Waals surface area contributed by atoms with Crippen molar-refractivity contribution >= 4 is 5.57 Å². The van der Waals surface area contributed by atoms with Gasteiger partial charge in [-0.15, -0.1) is 0 Å². The normalized spacial score (nSPS) is 13.3. The molecule has 0 atom stereocenters. The Hall–Kier alpha value is -2.22. The molecule has 2 nitrogen and oxygen atoms in total. The molecular weight excluding hydrogens is 212 g/mol. The topological polar surface area (TPSA) is 40.5 Å². The molecule has 1 aliphatic rings. The molecule has 0 aromatic heterocycles. The Bertz CT molecular complexity index is 595. The fourth-order valence-electron chi connectivity index (χ4n) is 2.23. The largest absolute Gasteiger partial charge is 0.508 e. The summed E-state index contributed by atoms with van der Waals surface area (Å²) in [4.78, 5) is 0. The molecule has 0 amide bonds. The molecule has 0 unspecified atom stereocenters. The smallest absolute Gasteiger partial charge is 0.116 e. The fraction of sp³-hybridized carbons (Fsp3) is 0.0667. The van der Waals surface area contributed by atoms with E-state index in [9.17, 15) is 10.2 Å². The van der Waals surface area contributed by atoms with Gasteiger partial charge in [0.1, 0.15) is 11.5 Å². The quantitative estimate of drug-likeness (QED) is 0.781. The van der Waals surface area contributed by atoms with Crippen LogP contribution in [0.15, 0.2) is 48.5 Å². The van der Waals surface area contributed by atoms with Gasteiger partial charge in [0.15, 0.2) is 0 Å². The highest BCUT2D eigenvalue weighted by atomic mass is 16.3. The van der Waals surface area contributed by atoms with Crippen molar-refractivity contribution in [2.75, 3.05) is 0 Å². The summed E-state index contributed by atoms with van der Waals surface area (Å²) < 4.78 is 0. The second-order valence-corrected chi connectivity index (χ2v) is 4.21. The molecule has 0 heterocycles. The summed E-state index contributed by atoms with van der Waals surface area (Å²) in [5.41, 5.74) is 4.49. The molecule has 0 saturated heterocycles. The third-order valence-corrected chi connectivity index (χ3v) is 3.09. The van der Waals surface area contributed by atoms with Gasteiger partial charge in [-0.1, -0.05) is 24.3 Å². The summed E-state index contributed by atoms with van der Waals surface area (Å²) in [6.45, 7) is 0. The number of hydrogen-bond acceptors (Lipinski definition) is 2. The second kappa shape index (κ2) is 3.67. The number of benzene rings is 2. The van der Waals surface area contributed by atoms with Gasteiger partial charge in [0.25, 0.3) is 0 Å². The highest BCUT2D eigenvalue weighted by Crippen LogP contribution is 2.35. The number of hydrogen-bond donors (Lipinski definition) is 2. The maximum Gasteiger partial charge on any atom is 0.116 e. The van der Waals surface area contributed by atoms with Crippen LogP contribution in [0.5, 0.6) is 11.5 Å². The van der Waals surface area contributed by atoms with Gasteiger partial charge in [-0.05, 0) is 52.9 Å². The zero-order valence-corrected chi connectivity index (χ0v) is 9.22. The van der Waals surface area contributed by atoms with E-state index in [0.717, 1.165) is 23.1 Å². The van der Waals surface area contributed by atoms with Crippen LogP contribution in [0.4, 0.5) is 0 Å². The maximum absolute atomic E-state index is 9.54. The van der Waals surface area contributed by atoms with Gasteiger partial charge in [0, 0.05) is 0 Å². The number of rotatable bonds is 1. The van der Waals surface area contributed by atoms with Gasteiger partial charge in [-0.25, -0.2) is 0 Å². The zero-order valence-electron chi connectivity index (χ0n) is 9.22. The fourth-order valence-corrected chi connectivity index (χ4v) is 2.23. The minimum absolute atomic E-state index is 0.267.